The highest BCUT2D eigenvalue weighted by atomic mass is 35.5. The van der Waals surface area contributed by atoms with E-state index in [2.05, 4.69) is 15.8 Å². The number of aromatic nitrogens is 2. The molecule has 22 heavy (non-hydrogen) atoms. The van der Waals surface area contributed by atoms with Crippen LogP contribution in [0.15, 0.2) is 24.3 Å². The molecule has 0 aliphatic heterocycles. The Morgan fingerprint density at radius 3 is 2.73 bits per heavy atom. The van der Waals surface area contributed by atoms with Gasteiger partial charge in [0, 0.05) is 17.2 Å². The van der Waals surface area contributed by atoms with Crippen molar-refractivity contribution in [2.75, 3.05) is 7.11 Å². The number of esters is 1. The molecule has 0 amide bonds. The molecule has 5 heteroatoms. The number of nitrogens with zero attached hydrogens (tertiary/aromatic N) is 2. The normalized spacial score (nSPS) is 53.5. The fourth-order valence-corrected chi connectivity index (χ4v) is 8.09. The van der Waals surface area contributed by atoms with Crippen molar-refractivity contribution in [1.82, 2.24) is 9.78 Å². The molecule has 4 atom stereocenters. The molecule has 0 bridgehead atoms. The molecule has 8 rings (SSSR count). The number of carbonyl (C=O) groups is 1. The van der Waals surface area contributed by atoms with Crippen molar-refractivity contribution in [3.05, 3.63) is 29.4 Å². The van der Waals surface area contributed by atoms with Gasteiger partial charge in [0.15, 0.2) is 5.15 Å². The lowest BCUT2D eigenvalue weighted by Gasteiger charge is -3.09. The summed E-state index contributed by atoms with van der Waals surface area (Å²) in [5.74, 6) is 3.76. The first-order chi connectivity index (χ1) is 10.7. The number of hydrogen-bond acceptors (Lipinski definition) is 3. The van der Waals surface area contributed by atoms with Crippen LogP contribution in [0.1, 0.15) is 0 Å². The van der Waals surface area contributed by atoms with E-state index in [9.17, 15) is 4.79 Å². The maximum absolute atomic E-state index is 12.4. The van der Waals surface area contributed by atoms with Crippen LogP contribution in [0, 0.1) is 40.9 Å². The van der Waals surface area contributed by atoms with Crippen LogP contribution in [-0.2, 0) is 15.1 Å². The third-order valence-corrected chi connectivity index (χ3v) is 8.27. The molecule has 0 spiro atoms. The van der Waals surface area contributed by atoms with E-state index in [1.807, 2.05) is 18.2 Å². The Kier molecular flexibility index (Phi) is 1.36. The number of benzene rings is 1. The predicted molar refractivity (Wildman–Crippen MR) is 78.1 cm³/mol. The predicted octanol–water partition coefficient (Wildman–Crippen LogP) is 2.31. The number of fused-ring (bicyclic) bond motifs is 1. The van der Waals surface area contributed by atoms with E-state index in [0.717, 1.165) is 28.7 Å². The number of ether oxygens (including phenoxy) is 1. The molecular formula is C17H13ClN2O2. The average Bonchev–Trinajstić information content (AvgIpc) is 2.91. The van der Waals surface area contributed by atoms with Gasteiger partial charge < -0.3 is 4.74 Å². The number of halogens is 1. The molecule has 4 nitrogen and oxygen atoms in total. The van der Waals surface area contributed by atoms with Crippen LogP contribution < -0.4 is 0 Å². The zero-order valence-corrected chi connectivity index (χ0v) is 12.6. The summed E-state index contributed by atoms with van der Waals surface area (Å²) in [6, 6.07) is 8.16. The Labute approximate surface area is 131 Å². The van der Waals surface area contributed by atoms with Crippen LogP contribution in [0.25, 0.3) is 10.9 Å². The summed E-state index contributed by atoms with van der Waals surface area (Å²) in [4.78, 5) is 12.4. The van der Waals surface area contributed by atoms with Gasteiger partial charge in [0.25, 0.3) is 0 Å². The Balaban J connectivity index is 1.45. The van der Waals surface area contributed by atoms with Gasteiger partial charge in [-0.25, -0.2) is 0 Å². The smallest absolute Gasteiger partial charge is 0.312 e. The summed E-state index contributed by atoms with van der Waals surface area (Å²) in [5, 5.41) is 6.28. The van der Waals surface area contributed by atoms with E-state index < -0.39 is 0 Å². The molecule has 6 fully saturated rings. The van der Waals surface area contributed by atoms with Gasteiger partial charge in [-0.05, 0) is 35.8 Å². The first-order valence-electron chi connectivity index (χ1n) is 7.94. The van der Waals surface area contributed by atoms with E-state index in [1.165, 1.54) is 7.11 Å². The van der Waals surface area contributed by atoms with Crippen LogP contribution in [0.2, 0.25) is 5.15 Å². The van der Waals surface area contributed by atoms with Crippen LogP contribution >= 0.6 is 11.6 Å². The molecule has 0 radical (unpaired) electrons. The Morgan fingerprint density at radius 2 is 2.00 bits per heavy atom. The Hall–Kier alpha value is -1.55. The van der Waals surface area contributed by atoms with Crippen molar-refractivity contribution >= 4 is 28.5 Å². The van der Waals surface area contributed by atoms with Crippen LogP contribution in [-0.4, -0.2) is 22.9 Å². The standard InChI is InChI=1S/C17H13ClN2O2/c1-22-15(21)16-10-8-11-9(10)13(16)17(11,12(8)16)20-7-5-3-2-4-6(7)14(18)19-20/h2-5,8-13H,1H3. The third kappa shape index (κ3) is 0.617. The summed E-state index contributed by atoms with van der Waals surface area (Å²) in [5.41, 5.74) is 1.03. The monoisotopic (exact) mass is 312 g/mol. The number of para-hydroxylation sites is 1. The zero-order chi connectivity index (χ0) is 14.6. The molecular weight excluding hydrogens is 300 g/mol. The quantitative estimate of drug-likeness (QED) is 0.799. The van der Waals surface area contributed by atoms with E-state index in [4.69, 9.17) is 16.3 Å². The van der Waals surface area contributed by atoms with E-state index in [0.29, 0.717) is 22.9 Å². The number of hydrogen-bond donors (Lipinski definition) is 0. The molecule has 6 aliphatic carbocycles. The lowest BCUT2D eigenvalue weighted by Crippen LogP contribution is -3.13. The fourth-order valence-electron chi connectivity index (χ4n) is 7.86. The minimum absolute atomic E-state index is 0.0244. The summed E-state index contributed by atoms with van der Waals surface area (Å²) in [6.07, 6.45) is 0. The molecule has 6 saturated carbocycles. The maximum Gasteiger partial charge on any atom is 0.312 e. The molecule has 6 aliphatic rings. The van der Waals surface area contributed by atoms with Crippen molar-refractivity contribution in [3.63, 3.8) is 0 Å². The van der Waals surface area contributed by atoms with Gasteiger partial charge in [0.2, 0.25) is 0 Å². The molecule has 0 N–H and O–H groups in total. The highest BCUT2D eigenvalue weighted by Gasteiger charge is 3.13. The molecule has 2 aromatic rings. The Bertz CT molecular complexity index is 914. The Morgan fingerprint density at radius 1 is 1.27 bits per heavy atom. The van der Waals surface area contributed by atoms with Crippen LogP contribution in [0.4, 0.5) is 0 Å². The largest absolute Gasteiger partial charge is 0.469 e. The summed E-state index contributed by atoms with van der Waals surface area (Å²) < 4.78 is 7.31. The van der Waals surface area contributed by atoms with Crippen LogP contribution in [0.5, 0.6) is 0 Å². The third-order valence-electron chi connectivity index (χ3n) is 7.99. The van der Waals surface area contributed by atoms with Crippen molar-refractivity contribution in [2.24, 2.45) is 40.9 Å². The molecule has 0 saturated heterocycles. The number of carbonyl (C=O) groups excluding carboxylic acids is 1. The first-order valence-corrected chi connectivity index (χ1v) is 8.31. The van der Waals surface area contributed by atoms with E-state index >= 15 is 0 Å². The second kappa shape index (κ2) is 2.71. The topological polar surface area (TPSA) is 44.1 Å². The number of rotatable bonds is 2. The SMILES string of the molecule is COC(=O)C12C3C4C5C3C1C5(n1nc(Cl)c3ccccc31)C42. The van der Waals surface area contributed by atoms with Crippen molar-refractivity contribution < 1.29 is 9.53 Å². The minimum atomic E-state index is -0.154. The highest BCUT2D eigenvalue weighted by molar-refractivity contribution is 6.34. The van der Waals surface area contributed by atoms with Gasteiger partial charge in [0.05, 0.1) is 23.6 Å². The van der Waals surface area contributed by atoms with E-state index in [1.54, 1.807) is 0 Å². The summed E-state index contributed by atoms with van der Waals surface area (Å²) in [7, 11) is 1.52. The van der Waals surface area contributed by atoms with Gasteiger partial charge >= 0.3 is 5.97 Å². The summed E-state index contributed by atoms with van der Waals surface area (Å²) >= 11 is 6.35. The van der Waals surface area contributed by atoms with Crippen molar-refractivity contribution in [3.8, 4) is 0 Å². The zero-order valence-electron chi connectivity index (χ0n) is 11.9. The molecule has 110 valence electrons. The second-order valence-corrected chi connectivity index (χ2v) is 8.05. The summed E-state index contributed by atoms with van der Waals surface area (Å²) in [6.45, 7) is 0. The molecule has 1 heterocycles. The van der Waals surface area contributed by atoms with E-state index in [-0.39, 0.29) is 16.9 Å². The van der Waals surface area contributed by atoms with Crippen molar-refractivity contribution in [2.45, 2.75) is 5.54 Å². The highest BCUT2D eigenvalue weighted by Crippen LogP contribution is 3.09. The molecule has 1 aromatic heterocycles. The van der Waals surface area contributed by atoms with Gasteiger partial charge in [-0.2, -0.15) is 5.10 Å². The van der Waals surface area contributed by atoms with Gasteiger partial charge in [0.1, 0.15) is 0 Å². The van der Waals surface area contributed by atoms with Crippen LogP contribution in [0.3, 0.4) is 0 Å². The molecule has 1 aromatic carbocycles. The number of methoxy groups -OCH3 is 1. The lowest BCUT2D eigenvalue weighted by atomic mass is 8.94. The minimum Gasteiger partial charge on any atom is -0.469 e. The van der Waals surface area contributed by atoms with Crippen molar-refractivity contribution in [1.29, 1.82) is 0 Å². The lowest BCUT2D eigenvalue weighted by molar-refractivity contribution is -0.632. The van der Waals surface area contributed by atoms with Gasteiger partial charge in [-0.15, -0.1) is 0 Å². The first kappa shape index (κ1) is 11.1. The fraction of sp³-hybridized carbons (Fsp3) is 0.529. The second-order valence-electron chi connectivity index (χ2n) is 7.69. The molecule has 4 unspecified atom stereocenters. The van der Waals surface area contributed by atoms with Gasteiger partial charge in [-0.1, -0.05) is 23.7 Å². The average molecular weight is 313 g/mol. The van der Waals surface area contributed by atoms with Gasteiger partial charge in [-0.3, -0.25) is 9.48 Å². The maximum atomic E-state index is 12.4.